The molecule has 0 radical (unpaired) electrons. The van der Waals surface area contributed by atoms with E-state index in [9.17, 15) is 14.4 Å². The first-order valence-electron chi connectivity index (χ1n) is 14.1. The molecule has 1 heterocycles. The van der Waals surface area contributed by atoms with E-state index in [1.165, 1.54) is 26.8 Å². The second-order valence-electron chi connectivity index (χ2n) is 10.1. The average molecular weight is 588 g/mol. The molecule has 3 aromatic carbocycles. The zero-order valence-electron chi connectivity index (χ0n) is 24.5. The van der Waals surface area contributed by atoms with E-state index >= 15 is 0 Å². The van der Waals surface area contributed by atoms with Crippen molar-refractivity contribution in [3.8, 4) is 0 Å². The molecule has 1 aliphatic rings. The van der Waals surface area contributed by atoms with Gasteiger partial charge >= 0.3 is 11.9 Å². The van der Waals surface area contributed by atoms with Crippen molar-refractivity contribution in [3.05, 3.63) is 120 Å². The van der Waals surface area contributed by atoms with Crippen LogP contribution in [-0.2, 0) is 43.7 Å². The molecule has 0 unspecified atom stereocenters. The van der Waals surface area contributed by atoms with Gasteiger partial charge in [-0.05, 0) is 16.7 Å². The summed E-state index contributed by atoms with van der Waals surface area (Å²) in [6, 6.07) is 28.3. The SMILES string of the molecule is C=CCO[C@@H]1O[C@H](COC(c2ccccc2)(c2ccccc2)c2ccccc2)[C@@H](OC(C)=O)[C@H](OC(C)=O)[C@H]1NC(C)=O. The zero-order chi connectivity index (χ0) is 30.8. The second kappa shape index (κ2) is 14.7. The van der Waals surface area contributed by atoms with Gasteiger partial charge in [0.15, 0.2) is 18.5 Å². The van der Waals surface area contributed by atoms with E-state index in [-0.39, 0.29) is 13.2 Å². The third-order valence-corrected chi connectivity index (χ3v) is 7.00. The number of hydrogen-bond acceptors (Lipinski definition) is 8. The number of nitrogens with one attached hydrogen (secondary N) is 1. The van der Waals surface area contributed by atoms with Gasteiger partial charge in [0.1, 0.15) is 17.7 Å². The van der Waals surface area contributed by atoms with Gasteiger partial charge in [-0.15, -0.1) is 6.58 Å². The van der Waals surface area contributed by atoms with Crippen LogP contribution in [0.1, 0.15) is 37.5 Å². The van der Waals surface area contributed by atoms with Crippen molar-refractivity contribution in [2.24, 2.45) is 0 Å². The second-order valence-corrected chi connectivity index (χ2v) is 10.1. The Morgan fingerprint density at radius 2 is 1.26 bits per heavy atom. The van der Waals surface area contributed by atoms with Crippen molar-refractivity contribution in [3.63, 3.8) is 0 Å². The van der Waals surface area contributed by atoms with Gasteiger partial charge in [-0.3, -0.25) is 14.4 Å². The predicted molar refractivity (Wildman–Crippen MR) is 159 cm³/mol. The largest absolute Gasteiger partial charge is 0.456 e. The molecule has 43 heavy (non-hydrogen) atoms. The Kier molecular flexibility index (Phi) is 10.8. The maximum atomic E-state index is 12.3. The Balaban J connectivity index is 1.82. The van der Waals surface area contributed by atoms with Crippen LogP contribution in [0.3, 0.4) is 0 Å². The molecule has 0 saturated carbocycles. The van der Waals surface area contributed by atoms with Crippen LogP contribution >= 0.6 is 0 Å². The van der Waals surface area contributed by atoms with Crippen molar-refractivity contribution in [1.29, 1.82) is 0 Å². The van der Waals surface area contributed by atoms with Crippen LogP contribution in [0.5, 0.6) is 0 Å². The van der Waals surface area contributed by atoms with Crippen LogP contribution in [0, 0.1) is 0 Å². The van der Waals surface area contributed by atoms with E-state index in [1.54, 1.807) is 0 Å². The van der Waals surface area contributed by atoms with Gasteiger partial charge in [-0.2, -0.15) is 0 Å². The summed E-state index contributed by atoms with van der Waals surface area (Å²) in [4.78, 5) is 36.8. The lowest BCUT2D eigenvalue weighted by Gasteiger charge is -2.46. The molecule has 9 heteroatoms. The summed E-state index contributed by atoms with van der Waals surface area (Å²) in [5, 5.41) is 2.74. The Bertz CT molecular complexity index is 1270. The number of carbonyl (C=O) groups is 3. The maximum absolute atomic E-state index is 12.3. The molecule has 4 rings (SSSR count). The standard InChI is InChI=1S/C34H37NO8/c1-5-21-39-33-30(35-23(2)36)32(42-25(4)38)31(41-24(3)37)29(43-33)22-40-34(26-15-9-6-10-16-26,27-17-11-7-12-18-27)28-19-13-8-14-20-28/h5-20,29-33H,1,21-22H2,2-4H3,(H,35,36)/t29-,30-,31-,32-,33-/m1/s1. The van der Waals surface area contributed by atoms with Crippen LogP contribution in [-0.4, -0.2) is 61.7 Å². The number of hydrogen-bond donors (Lipinski definition) is 1. The number of carbonyl (C=O) groups excluding carboxylic acids is 3. The Morgan fingerprint density at radius 3 is 1.67 bits per heavy atom. The molecular weight excluding hydrogens is 550 g/mol. The lowest BCUT2D eigenvalue weighted by molar-refractivity contribution is -0.279. The number of ether oxygens (including phenoxy) is 5. The van der Waals surface area contributed by atoms with Crippen LogP contribution in [0.25, 0.3) is 0 Å². The van der Waals surface area contributed by atoms with E-state index in [2.05, 4.69) is 11.9 Å². The molecule has 1 N–H and O–H groups in total. The molecule has 1 amide bonds. The lowest BCUT2D eigenvalue weighted by Crippen LogP contribution is -2.66. The highest BCUT2D eigenvalue weighted by Crippen LogP contribution is 2.41. The summed E-state index contributed by atoms with van der Waals surface area (Å²) in [7, 11) is 0. The van der Waals surface area contributed by atoms with Crippen molar-refractivity contribution in [1.82, 2.24) is 5.32 Å². The van der Waals surface area contributed by atoms with Crippen LogP contribution in [0.15, 0.2) is 104 Å². The van der Waals surface area contributed by atoms with Gasteiger partial charge in [0.25, 0.3) is 0 Å². The van der Waals surface area contributed by atoms with E-state index in [4.69, 9.17) is 23.7 Å². The first-order chi connectivity index (χ1) is 20.8. The normalized spacial score (nSPS) is 21.8. The van der Waals surface area contributed by atoms with Gasteiger partial charge in [0.05, 0.1) is 13.2 Å². The van der Waals surface area contributed by atoms with Gasteiger partial charge in [-0.25, -0.2) is 0 Å². The van der Waals surface area contributed by atoms with Crippen LogP contribution < -0.4 is 5.32 Å². The predicted octanol–water partition coefficient (Wildman–Crippen LogP) is 4.29. The molecule has 3 aromatic rings. The van der Waals surface area contributed by atoms with E-state index in [1.807, 2.05) is 91.0 Å². The molecule has 1 saturated heterocycles. The van der Waals surface area contributed by atoms with Crippen molar-refractivity contribution in [2.75, 3.05) is 13.2 Å². The van der Waals surface area contributed by atoms with Gasteiger partial charge < -0.3 is 29.0 Å². The highest BCUT2D eigenvalue weighted by Gasteiger charge is 2.52. The Labute approximate surface area is 251 Å². The first kappa shape index (κ1) is 31.6. The van der Waals surface area contributed by atoms with Crippen LogP contribution in [0.2, 0.25) is 0 Å². The molecule has 0 bridgehead atoms. The summed E-state index contributed by atoms with van der Waals surface area (Å²) in [6.45, 7) is 7.47. The number of esters is 2. The Hall–Kier alpha value is -4.31. The smallest absolute Gasteiger partial charge is 0.303 e. The minimum absolute atomic E-state index is 0.0847. The zero-order valence-corrected chi connectivity index (χ0v) is 24.5. The summed E-state index contributed by atoms with van der Waals surface area (Å²) in [5.74, 6) is -1.66. The molecule has 0 aliphatic carbocycles. The molecule has 1 fully saturated rings. The third kappa shape index (κ3) is 7.56. The fourth-order valence-corrected chi connectivity index (χ4v) is 5.37. The third-order valence-electron chi connectivity index (χ3n) is 7.00. The molecule has 0 aromatic heterocycles. The maximum Gasteiger partial charge on any atom is 0.303 e. The molecule has 5 atom stereocenters. The van der Waals surface area contributed by atoms with Gasteiger partial charge in [0, 0.05) is 20.8 Å². The van der Waals surface area contributed by atoms with Crippen molar-refractivity contribution >= 4 is 17.8 Å². The summed E-state index contributed by atoms with van der Waals surface area (Å²) in [5.41, 5.74) is 1.48. The van der Waals surface area contributed by atoms with Crippen LogP contribution in [0.4, 0.5) is 0 Å². The molecular formula is C34H37NO8. The lowest BCUT2D eigenvalue weighted by atomic mass is 9.80. The van der Waals surface area contributed by atoms with Crippen molar-refractivity contribution in [2.45, 2.75) is 57.0 Å². The Morgan fingerprint density at radius 1 is 0.791 bits per heavy atom. The molecule has 9 nitrogen and oxygen atoms in total. The number of rotatable bonds is 12. The molecule has 0 spiro atoms. The van der Waals surface area contributed by atoms with E-state index in [0.29, 0.717) is 0 Å². The quantitative estimate of drug-likeness (QED) is 0.190. The average Bonchev–Trinajstić information content (AvgIpc) is 3.00. The van der Waals surface area contributed by atoms with Gasteiger partial charge in [-0.1, -0.05) is 97.1 Å². The molecule has 226 valence electrons. The number of benzene rings is 3. The van der Waals surface area contributed by atoms with E-state index in [0.717, 1.165) is 16.7 Å². The summed E-state index contributed by atoms with van der Waals surface area (Å²) >= 11 is 0. The minimum Gasteiger partial charge on any atom is -0.456 e. The molecule has 1 aliphatic heterocycles. The number of amides is 1. The van der Waals surface area contributed by atoms with E-state index < -0.39 is 54.1 Å². The minimum atomic E-state index is -1.14. The monoisotopic (exact) mass is 587 g/mol. The summed E-state index contributed by atoms with van der Waals surface area (Å²) < 4.78 is 30.6. The first-order valence-corrected chi connectivity index (χ1v) is 14.1. The fourth-order valence-electron chi connectivity index (χ4n) is 5.37. The highest BCUT2D eigenvalue weighted by atomic mass is 16.7. The van der Waals surface area contributed by atoms with Gasteiger partial charge in [0.2, 0.25) is 5.91 Å². The topological polar surface area (TPSA) is 109 Å². The highest BCUT2D eigenvalue weighted by molar-refractivity contribution is 5.73. The van der Waals surface area contributed by atoms with Crippen molar-refractivity contribution < 1.29 is 38.1 Å². The fraction of sp³-hybridized carbons (Fsp3) is 0.324. The summed E-state index contributed by atoms with van der Waals surface area (Å²) in [6.07, 6.45) is -2.79.